The Morgan fingerprint density at radius 2 is 2.20 bits per heavy atom. The first-order valence-electron chi connectivity index (χ1n) is 5.87. The summed E-state index contributed by atoms with van der Waals surface area (Å²) in [5.74, 6) is 1.45. The van der Waals surface area contributed by atoms with Crippen LogP contribution in [0.2, 0.25) is 0 Å². The summed E-state index contributed by atoms with van der Waals surface area (Å²) in [6.07, 6.45) is 3.70. The van der Waals surface area contributed by atoms with Crippen molar-refractivity contribution >= 4 is 11.3 Å². The average molecular weight is 223 g/mol. The highest BCUT2D eigenvalue weighted by Crippen LogP contribution is 2.44. The van der Waals surface area contributed by atoms with Gasteiger partial charge in [0.1, 0.15) is 0 Å². The summed E-state index contributed by atoms with van der Waals surface area (Å²) in [6.45, 7) is 6.84. The quantitative estimate of drug-likeness (QED) is 0.772. The molecule has 1 aliphatic rings. The molecule has 0 amide bonds. The molecule has 3 atom stereocenters. The lowest BCUT2D eigenvalue weighted by Crippen LogP contribution is -2.46. The van der Waals surface area contributed by atoms with E-state index in [0.717, 1.165) is 12.3 Å². The largest absolute Gasteiger partial charge is 0.321 e. The Balaban J connectivity index is 2.30. The Morgan fingerprint density at radius 3 is 2.73 bits per heavy atom. The fourth-order valence-corrected chi connectivity index (χ4v) is 4.04. The molecule has 1 aromatic heterocycles. The van der Waals surface area contributed by atoms with Crippen molar-refractivity contribution in [2.24, 2.45) is 17.6 Å². The summed E-state index contributed by atoms with van der Waals surface area (Å²) in [6, 6.07) is 2.19. The summed E-state index contributed by atoms with van der Waals surface area (Å²) in [5, 5.41) is 2.17. The third-order valence-corrected chi connectivity index (χ3v) is 5.18. The Labute approximate surface area is 96.7 Å². The third-order valence-electron chi connectivity index (χ3n) is 3.97. The van der Waals surface area contributed by atoms with E-state index in [9.17, 15) is 0 Å². The minimum atomic E-state index is -0.0508. The molecule has 0 spiro atoms. The van der Waals surface area contributed by atoms with Crippen LogP contribution in [-0.2, 0) is 5.54 Å². The van der Waals surface area contributed by atoms with E-state index in [4.69, 9.17) is 5.73 Å². The highest BCUT2D eigenvalue weighted by Gasteiger charge is 2.39. The summed E-state index contributed by atoms with van der Waals surface area (Å²) in [5.41, 5.74) is 7.97. The van der Waals surface area contributed by atoms with Crippen LogP contribution in [0.1, 0.15) is 43.6 Å². The van der Waals surface area contributed by atoms with Gasteiger partial charge in [0.05, 0.1) is 5.54 Å². The zero-order valence-electron chi connectivity index (χ0n) is 9.92. The van der Waals surface area contributed by atoms with E-state index in [-0.39, 0.29) is 5.54 Å². The second-order valence-electron chi connectivity index (χ2n) is 5.25. The molecule has 1 saturated carbocycles. The van der Waals surface area contributed by atoms with E-state index in [2.05, 4.69) is 32.2 Å². The predicted molar refractivity (Wildman–Crippen MR) is 67.1 cm³/mol. The molecule has 0 radical (unpaired) electrons. The van der Waals surface area contributed by atoms with Crippen LogP contribution in [0.4, 0.5) is 0 Å². The van der Waals surface area contributed by atoms with Gasteiger partial charge in [-0.25, -0.2) is 0 Å². The maximum Gasteiger partial charge on any atom is 0.0532 e. The lowest BCUT2D eigenvalue weighted by molar-refractivity contribution is 0.167. The second kappa shape index (κ2) is 3.91. The van der Waals surface area contributed by atoms with Gasteiger partial charge in [0, 0.05) is 4.88 Å². The number of thiophene rings is 1. The van der Waals surface area contributed by atoms with Gasteiger partial charge in [-0.05, 0) is 55.0 Å². The number of hydrogen-bond donors (Lipinski definition) is 1. The number of nitrogens with two attached hydrogens (primary N) is 1. The fraction of sp³-hybridized carbons (Fsp3) is 0.692. The topological polar surface area (TPSA) is 26.0 Å². The SMILES string of the molecule is Cc1ccsc1C1(N)CCC(C)CC1C. The van der Waals surface area contributed by atoms with Gasteiger partial charge in [0.2, 0.25) is 0 Å². The van der Waals surface area contributed by atoms with E-state index >= 15 is 0 Å². The number of rotatable bonds is 1. The molecule has 1 aromatic rings. The van der Waals surface area contributed by atoms with Crippen molar-refractivity contribution in [3.8, 4) is 0 Å². The van der Waals surface area contributed by atoms with Gasteiger partial charge in [-0.2, -0.15) is 0 Å². The van der Waals surface area contributed by atoms with Gasteiger partial charge < -0.3 is 5.73 Å². The smallest absolute Gasteiger partial charge is 0.0532 e. The van der Waals surface area contributed by atoms with Crippen molar-refractivity contribution in [1.82, 2.24) is 0 Å². The normalized spacial score (nSPS) is 36.8. The molecule has 84 valence electrons. The third kappa shape index (κ3) is 1.85. The van der Waals surface area contributed by atoms with Crippen LogP contribution in [0, 0.1) is 18.8 Å². The molecule has 2 heteroatoms. The molecule has 2 N–H and O–H groups in total. The van der Waals surface area contributed by atoms with E-state index in [1.807, 2.05) is 11.3 Å². The lowest BCUT2D eigenvalue weighted by Gasteiger charge is -2.42. The number of aryl methyl sites for hydroxylation is 1. The molecule has 2 rings (SSSR count). The van der Waals surface area contributed by atoms with Gasteiger partial charge in [-0.1, -0.05) is 13.8 Å². The summed E-state index contributed by atoms with van der Waals surface area (Å²) in [4.78, 5) is 1.42. The molecule has 1 nitrogen and oxygen atoms in total. The van der Waals surface area contributed by atoms with Crippen LogP contribution < -0.4 is 5.73 Å². The molecule has 0 aromatic carbocycles. The zero-order valence-corrected chi connectivity index (χ0v) is 10.7. The van der Waals surface area contributed by atoms with Crippen LogP contribution in [0.25, 0.3) is 0 Å². The maximum absolute atomic E-state index is 6.64. The first kappa shape index (κ1) is 11.2. The average Bonchev–Trinajstić information content (AvgIpc) is 2.59. The first-order chi connectivity index (χ1) is 7.04. The molecule has 0 bridgehead atoms. The van der Waals surface area contributed by atoms with Crippen LogP contribution in [0.15, 0.2) is 11.4 Å². The van der Waals surface area contributed by atoms with Crippen molar-refractivity contribution in [1.29, 1.82) is 0 Å². The fourth-order valence-electron chi connectivity index (χ4n) is 2.85. The molecule has 0 aliphatic heterocycles. The van der Waals surface area contributed by atoms with Crippen LogP contribution in [0.5, 0.6) is 0 Å². The van der Waals surface area contributed by atoms with Gasteiger partial charge in [-0.3, -0.25) is 0 Å². The number of hydrogen-bond acceptors (Lipinski definition) is 2. The van der Waals surface area contributed by atoms with Crippen molar-refractivity contribution in [2.75, 3.05) is 0 Å². The van der Waals surface area contributed by atoms with Crippen molar-refractivity contribution in [2.45, 2.75) is 45.6 Å². The van der Waals surface area contributed by atoms with Gasteiger partial charge in [0.25, 0.3) is 0 Å². The summed E-state index contributed by atoms with van der Waals surface area (Å²) < 4.78 is 0. The molecule has 0 saturated heterocycles. The van der Waals surface area contributed by atoms with Crippen LogP contribution >= 0.6 is 11.3 Å². The monoisotopic (exact) mass is 223 g/mol. The molecule has 15 heavy (non-hydrogen) atoms. The molecule has 1 heterocycles. The van der Waals surface area contributed by atoms with E-state index in [1.165, 1.54) is 23.3 Å². The van der Waals surface area contributed by atoms with E-state index in [1.54, 1.807) is 0 Å². The summed E-state index contributed by atoms with van der Waals surface area (Å²) >= 11 is 1.83. The van der Waals surface area contributed by atoms with Crippen molar-refractivity contribution in [3.63, 3.8) is 0 Å². The van der Waals surface area contributed by atoms with Gasteiger partial charge >= 0.3 is 0 Å². The minimum Gasteiger partial charge on any atom is -0.321 e. The standard InChI is InChI=1S/C13H21NS/c1-9-4-6-13(14,11(3)8-9)12-10(2)5-7-15-12/h5,7,9,11H,4,6,8,14H2,1-3H3. The zero-order chi connectivity index (χ0) is 11.1. The Hall–Kier alpha value is -0.340. The Kier molecular flexibility index (Phi) is 2.91. The molecule has 1 aliphatic carbocycles. The van der Waals surface area contributed by atoms with Crippen molar-refractivity contribution < 1.29 is 0 Å². The Bertz CT molecular complexity index is 344. The van der Waals surface area contributed by atoms with Crippen molar-refractivity contribution in [3.05, 3.63) is 21.9 Å². The predicted octanol–water partition coefficient (Wildman–Crippen LogP) is 3.67. The van der Waals surface area contributed by atoms with Crippen LogP contribution in [-0.4, -0.2) is 0 Å². The summed E-state index contributed by atoms with van der Waals surface area (Å²) in [7, 11) is 0. The van der Waals surface area contributed by atoms with Gasteiger partial charge in [0.15, 0.2) is 0 Å². The second-order valence-corrected chi connectivity index (χ2v) is 6.17. The lowest BCUT2D eigenvalue weighted by atomic mass is 9.69. The maximum atomic E-state index is 6.64. The highest BCUT2D eigenvalue weighted by atomic mass is 32.1. The molecular weight excluding hydrogens is 202 g/mol. The van der Waals surface area contributed by atoms with E-state index in [0.29, 0.717) is 5.92 Å². The molecule has 3 unspecified atom stereocenters. The minimum absolute atomic E-state index is 0.0508. The molecule has 1 fully saturated rings. The van der Waals surface area contributed by atoms with Gasteiger partial charge in [-0.15, -0.1) is 11.3 Å². The van der Waals surface area contributed by atoms with E-state index < -0.39 is 0 Å². The highest BCUT2D eigenvalue weighted by molar-refractivity contribution is 7.10. The molecular formula is C13H21NS. The Morgan fingerprint density at radius 1 is 1.47 bits per heavy atom. The van der Waals surface area contributed by atoms with Crippen LogP contribution in [0.3, 0.4) is 0 Å². The first-order valence-corrected chi connectivity index (χ1v) is 6.75.